The first-order chi connectivity index (χ1) is 31.7. The second-order valence-electron chi connectivity index (χ2n) is 16.3. The number of carbonyl (C=O) groups is 11. The third-order valence-electron chi connectivity index (χ3n) is 9.21. The van der Waals surface area contributed by atoms with Crippen LogP contribution in [0.1, 0.15) is 86.0 Å². The molecule has 0 rings (SSSR count). The zero-order chi connectivity index (χ0) is 52.3. The van der Waals surface area contributed by atoms with Gasteiger partial charge in [-0.3, -0.25) is 62.7 Å². The van der Waals surface area contributed by atoms with Crippen molar-refractivity contribution in [1.82, 2.24) is 42.5 Å². The quantitative estimate of drug-likeness (QED) is 0.0165. The van der Waals surface area contributed by atoms with E-state index >= 15 is 0 Å². The average Bonchev–Trinajstić information content (AvgIpc) is 3.21. The van der Waals surface area contributed by atoms with Gasteiger partial charge in [0.05, 0.1) is 26.0 Å². The molecule has 0 unspecified atom stereocenters. The minimum atomic E-state index is -1.95. The molecular formula is C39H69N15O14. The van der Waals surface area contributed by atoms with E-state index in [1.165, 1.54) is 0 Å². The highest BCUT2D eigenvalue weighted by Gasteiger charge is 2.35. The lowest BCUT2D eigenvalue weighted by Gasteiger charge is -2.27. The van der Waals surface area contributed by atoms with E-state index in [2.05, 4.69) is 52.5 Å². The van der Waals surface area contributed by atoms with Crippen LogP contribution >= 0.6 is 0 Å². The molecule has 0 aromatic rings. The maximum absolute atomic E-state index is 13.7. The van der Waals surface area contributed by atoms with E-state index in [0.717, 1.165) is 6.92 Å². The van der Waals surface area contributed by atoms with Gasteiger partial charge in [0.1, 0.15) is 42.3 Å². The summed E-state index contributed by atoms with van der Waals surface area (Å²) in [4.78, 5) is 148. The number of carbonyl (C=O) groups excluding carboxylic acids is 9. The van der Waals surface area contributed by atoms with Crippen LogP contribution in [-0.4, -0.2) is 161 Å². The molecule has 0 fully saturated rings. The van der Waals surface area contributed by atoms with E-state index in [4.69, 9.17) is 28.7 Å². The van der Waals surface area contributed by atoms with Crippen molar-refractivity contribution >= 4 is 77.0 Å². The lowest BCUT2D eigenvalue weighted by Crippen LogP contribution is -2.61. The molecule has 0 aliphatic carbocycles. The first-order valence-corrected chi connectivity index (χ1v) is 21.5. The Kier molecular flexibility index (Phi) is 28.2. The number of aliphatic hydroxyl groups is 1. The monoisotopic (exact) mass is 972 g/mol. The third kappa shape index (κ3) is 26.6. The predicted molar refractivity (Wildman–Crippen MR) is 242 cm³/mol. The zero-order valence-electron chi connectivity index (χ0n) is 38.8. The van der Waals surface area contributed by atoms with Gasteiger partial charge in [-0.2, -0.15) is 0 Å². The summed E-state index contributed by atoms with van der Waals surface area (Å²) >= 11 is 0. The van der Waals surface area contributed by atoms with Crippen LogP contribution < -0.4 is 71.2 Å². The highest BCUT2D eigenvalue weighted by atomic mass is 16.4. The van der Waals surface area contributed by atoms with Crippen molar-refractivity contribution in [2.45, 2.75) is 128 Å². The average molecular weight is 972 g/mol. The van der Waals surface area contributed by atoms with E-state index < -0.39 is 133 Å². The Morgan fingerprint density at radius 2 is 0.853 bits per heavy atom. The zero-order valence-corrected chi connectivity index (χ0v) is 38.8. The summed E-state index contributed by atoms with van der Waals surface area (Å²) in [5.41, 5.74) is 26.6. The van der Waals surface area contributed by atoms with Gasteiger partial charge in [0.25, 0.3) is 0 Å². The number of hydrogen-bond donors (Lipinski definition) is 16. The number of nitrogens with zero attached hydrogens (tertiary/aromatic N) is 2. The SMILES string of the molecule is CC(=O)N[C@@H](CCCN=C(N)N)C(=O)NCC(=O)N[C@@H](CC(=O)O)C(=O)N[C@@H](CC(C)C)C(=O)N[C@H](CC(=O)O)C(=O)N[C@@H](CO)C(=O)N[C@@H](CC(C)C)C(=O)N[C@@H](CCCN=C(N)N)C(N)=O. The molecule has 21 N–H and O–H groups in total. The topological polar surface area (TPSA) is 500 Å². The number of rotatable bonds is 33. The molecule has 0 aromatic carbocycles. The van der Waals surface area contributed by atoms with E-state index in [1.54, 1.807) is 27.7 Å². The van der Waals surface area contributed by atoms with Crippen molar-refractivity contribution in [3.8, 4) is 0 Å². The lowest BCUT2D eigenvalue weighted by atomic mass is 10.0. The number of nitrogens with one attached hydrogen (secondary N) is 8. The summed E-state index contributed by atoms with van der Waals surface area (Å²) in [6.45, 7) is 6.22. The smallest absolute Gasteiger partial charge is 0.305 e. The van der Waals surface area contributed by atoms with Crippen molar-refractivity contribution in [3.05, 3.63) is 0 Å². The van der Waals surface area contributed by atoms with Crippen LogP contribution in [0.4, 0.5) is 0 Å². The second kappa shape index (κ2) is 31.6. The number of aliphatic imine (C=N–C) groups is 2. The summed E-state index contributed by atoms with van der Waals surface area (Å²) < 4.78 is 0. The summed E-state index contributed by atoms with van der Waals surface area (Å²) in [5.74, 6) is -13.1. The molecule has 0 spiro atoms. The molecule has 0 saturated carbocycles. The van der Waals surface area contributed by atoms with Gasteiger partial charge in [-0.1, -0.05) is 27.7 Å². The van der Waals surface area contributed by atoms with Crippen molar-refractivity contribution in [3.63, 3.8) is 0 Å². The van der Waals surface area contributed by atoms with Crippen molar-refractivity contribution in [2.24, 2.45) is 50.5 Å². The van der Waals surface area contributed by atoms with Gasteiger partial charge in [0.2, 0.25) is 53.2 Å². The number of carboxylic acids is 2. The van der Waals surface area contributed by atoms with E-state index in [0.29, 0.717) is 0 Å². The Balaban J connectivity index is 6.14. The van der Waals surface area contributed by atoms with Crippen molar-refractivity contribution in [2.75, 3.05) is 26.2 Å². The molecule has 384 valence electrons. The summed E-state index contributed by atoms with van der Waals surface area (Å²) in [7, 11) is 0. The number of nitrogens with two attached hydrogens (primary N) is 5. The Morgan fingerprint density at radius 1 is 0.485 bits per heavy atom. The Labute approximate surface area is 392 Å². The van der Waals surface area contributed by atoms with Crippen molar-refractivity contribution < 1.29 is 68.1 Å². The van der Waals surface area contributed by atoms with E-state index in [1.807, 2.05) is 0 Å². The molecule has 0 aliphatic heterocycles. The summed E-state index contributed by atoms with van der Waals surface area (Å²) in [6.07, 6.45) is -1.68. The van der Waals surface area contributed by atoms with Gasteiger partial charge < -0.3 is 86.5 Å². The molecule has 0 bridgehead atoms. The summed E-state index contributed by atoms with van der Waals surface area (Å²) in [5, 5.41) is 47.5. The molecule has 0 aromatic heterocycles. The molecule has 7 atom stereocenters. The number of hydrogen-bond acceptors (Lipinski definition) is 14. The molecular weight excluding hydrogens is 903 g/mol. The van der Waals surface area contributed by atoms with Gasteiger partial charge in [0.15, 0.2) is 11.9 Å². The summed E-state index contributed by atoms with van der Waals surface area (Å²) in [6, 6.07) is -10.9. The van der Waals surface area contributed by atoms with Crippen molar-refractivity contribution in [1.29, 1.82) is 0 Å². The first-order valence-electron chi connectivity index (χ1n) is 21.5. The largest absolute Gasteiger partial charge is 0.481 e. The Morgan fingerprint density at radius 3 is 1.24 bits per heavy atom. The normalized spacial score (nSPS) is 13.9. The molecule has 29 heteroatoms. The van der Waals surface area contributed by atoms with Crippen LogP contribution in [-0.2, 0) is 52.7 Å². The number of primary amides is 1. The van der Waals surface area contributed by atoms with Crippen LogP contribution in [0.15, 0.2) is 9.98 Å². The highest BCUT2D eigenvalue weighted by molar-refractivity contribution is 5.99. The number of amides is 9. The first kappa shape index (κ1) is 60.7. The fourth-order valence-electron chi connectivity index (χ4n) is 6.07. The molecule has 0 aliphatic rings. The molecule has 0 saturated heterocycles. The van der Waals surface area contributed by atoms with Crippen LogP contribution in [0, 0.1) is 11.8 Å². The van der Waals surface area contributed by atoms with Gasteiger partial charge >= 0.3 is 11.9 Å². The van der Waals surface area contributed by atoms with E-state index in [-0.39, 0.29) is 75.4 Å². The van der Waals surface area contributed by atoms with Gasteiger partial charge in [-0.05, 0) is 50.4 Å². The van der Waals surface area contributed by atoms with Crippen LogP contribution in [0.2, 0.25) is 0 Å². The van der Waals surface area contributed by atoms with Gasteiger partial charge in [-0.15, -0.1) is 0 Å². The third-order valence-corrected chi connectivity index (χ3v) is 9.21. The fraction of sp³-hybridized carbons (Fsp3) is 0.667. The number of carboxylic acid groups (broad SMARTS) is 2. The minimum absolute atomic E-state index is 0.00137. The minimum Gasteiger partial charge on any atom is -0.481 e. The maximum atomic E-state index is 13.7. The van der Waals surface area contributed by atoms with Gasteiger partial charge in [0, 0.05) is 20.0 Å². The Hall–Kier alpha value is -7.33. The van der Waals surface area contributed by atoms with E-state index in [9.17, 15) is 68.1 Å². The molecule has 9 amide bonds. The molecule has 0 radical (unpaired) electrons. The van der Waals surface area contributed by atoms with Gasteiger partial charge in [-0.25, -0.2) is 0 Å². The molecule has 29 nitrogen and oxygen atoms in total. The number of guanidine groups is 2. The predicted octanol–water partition coefficient (Wildman–Crippen LogP) is -6.86. The molecule has 0 heterocycles. The number of aliphatic carboxylic acids is 2. The highest BCUT2D eigenvalue weighted by Crippen LogP contribution is 2.10. The standard InChI is InChI=1S/C39H69N15O14/c1-18(2)12-23(33(64)50-21(31(40)62)8-6-10-45-38(41)42)52-37(68)27(17-55)54-36(67)26(15-30(60)61)53-34(65)24(13-19(3)4)51-35(66)25(14-29(58)59)49-28(57)16-47-32(63)22(48-20(5)56)9-7-11-46-39(43)44/h18-19,21-27,55H,6-17H2,1-5H3,(H2,40,62)(H,47,63)(H,48,56)(H,49,57)(H,50,64)(H,51,66)(H,52,68)(H,53,65)(H,54,67)(H,58,59)(H,60,61)(H4,41,42,45)(H4,43,44,46)/t21-,22-,23-,24-,25-,26+,27-/m0/s1. The molecule has 68 heavy (non-hydrogen) atoms. The number of aliphatic hydroxyl groups excluding tert-OH is 1. The van der Waals surface area contributed by atoms with Crippen LogP contribution in [0.25, 0.3) is 0 Å². The van der Waals surface area contributed by atoms with Crippen LogP contribution in [0.3, 0.4) is 0 Å². The van der Waals surface area contributed by atoms with Crippen LogP contribution in [0.5, 0.6) is 0 Å². The lowest BCUT2D eigenvalue weighted by molar-refractivity contribution is -0.142. The fourth-order valence-corrected chi connectivity index (χ4v) is 6.07. The Bertz CT molecular complexity index is 1840. The second-order valence-corrected chi connectivity index (χ2v) is 16.3. The maximum Gasteiger partial charge on any atom is 0.305 e.